The summed E-state index contributed by atoms with van der Waals surface area (Å²) in [5.74, 6) is -0.246. The maximum Gasteiger partial charge on any atom is 0.200 e. The van der Waals surface area contributed by atoms with Gasteiger partial charge in [0.15, 0.2) is 5.65 Å². The van der Waals surface area contributed by atoms with Crippen LogP contribution in [0.15, 0.2) is 71.8 Å². The number of fused-ring (bicyclic) bond motifs is 1. The van der Waals surface area contributed by atoms with Crippen LogP contribution in [0.25, 0.3) is 5.65 Å². The standard InChI is InChI=1S/C17H12FN5S/c18-14-8-6-13(7-9-14)17(12-4-2-1-3-5-12)24-16-11-10-15-19-21-22-23(15)20-16/h1-11,17H. The van der Waals surface area contributed by atoms with Crippen LogP contribution in [0, 0.1) is 5.82 Å². The van der Waals surface area contributed by atoms with E-state index in [2.05, 4.69) is 32.8 Å². The number of benzene rings is 2. The molecule has 0 saturated heterocycles. The fraction of sp³-hybridized carbons (Fsp3) is 0.0588. The summed E-state index contributed by atoms with van der Waals surface area (Å²) in [6.45, 7) is 0. The predicted molar refractivity (Wildman–Crippen MR) is 89.1 cm³/mol. The third-order valence-corrected chi connectivity index (χ3v) is 4.80. The van der Waals surface area contributed by atoms with Gasteiger partial charge in [0, 0.05) is 0 Å². The summed E-state index contributed by atoms with van der Waals surface area (Å²) in [5, 5.41) is 16.5. The molecule has 2 heterocycles. The maximum absolute atomic E-state index is 13.3. The van der Waals surface area contributed by atoms with E-state index in [0.29, 0.717) is 5.65 Å². The molecule has 5 nitrogen and oxygen atoms in total. The highest BCUT2D eigenvalue weighted by atomic mass is 32.2. The minimum absolute atomic E-state index is 0.00627. The highest BCUT2D eigenvalue weighted by molar-refractivity contribution is 7.99. The maximum atomic E-state index is 13.3. The van der Waals surface area contributed by atoms with Gasteiger partial charge in [0.1, 0.15) is 10.8 Å². The second-order valence-electron chi connectivity index (χ2n) is 5.16. The Morgan fingerprint density at radius 3 is 2.42 bits per heavy atom. The SMILES string of the molecule is Fc1ccc(C(Sc2ccc3nnnn3n2)c2ccccc2)cc1. The lowest BCUT2D eigenvalue weighted by atomic mass is 10.0. The van der Waals surface area contributed by atoms with E-state index in [0.717, 1.165) is 16.2 Å². The molecule has 0 radical (unpaired) electrons. The van der Waals surface area contributed by atoms with E-state index in [9.17, 15) is 4.39 Å². The lowest BCUT2D eigenvalue weighted by molar-refractivity contribution is 0.627. The summed E-state index contributed by atoms with van der Waals surface area (Å²) >= 11 is 1.57. The largest absolute Gasteiger partial charge is 0.207 e. The van der Waals surface area contributed by atoms with Gasteiger partial charge in [-0.15, -0.1) is 14.8 Å². The Labute approximate surface area is 141 Å². The lowest BCUT2D eigenvalue weighted by Crippen LogP contribution is -2.00. The number of hydrogen-bond acceptors (Lipinski definition) is 5. The summed E-state index contributed by atoms with van der Waals surface area (Å²) < 4.78 is 14.7. The molecule has 0 fully saturated rings. The van der Waals surface area contributed by atoms with Crippen molar-refractivity contribution in [1.82, 2.24) is 25.3 Å². The number of rotatable bonds is 4. The number of tetrazole rings is 1. The first-order valence-electron chi connectivity index (χ1n) is 7.32. The van der Waals surface area contributed by atoms with Gasteiger partial charge in [-0.05, 0) is 45.8 Å². The minimum Gasteiger partial charge on any atom is -0.207 e. The van der Waals surface area contributed by atoms with Gasteiger partial charge < -0.3 is 0 Å². The minimum atomic E-state index is -0.246. The van der Waals surface area contributed by atoms with Crippen molar-refractivity contribution in [3.8, 4) is 0 Å². The second kappa shape index (κ2) is 6.37. The molecule has 1 unspecified atom stereocenters. The van der Waals surface area contributed by atoms with E-state index in [4.69, 9.17) is 0 Å². The van der Waals surface area contributed by atoms with Gasteiger partial charge in [-0.1, -0.05) is 54.2 Å². The van der Waals surface area contributed by atoms with E-state index in [1.54, 1.807) is 23.9 Å². The van der Waals surface area contributed by atoms with Crippen LogP contribution >= 0.6 is 11.8 Å². The average molecular weight is 337 g/mol. The van der Waals surface area contributed by atoms with Gasteiger partial charge >= 0.3 is 0 Å². The van der Waals surface area contributed by atoms with Crippen molar-refractivity contribution < 1.29 is 4.39 Å². The summed E-state index contributed by atoms with van der Waals surface area (Å²) in [6.07, 6.45) is 0. The molecular formula is C17H12FN5S. The fourth-order valence-corrected chi connectivity index (χ4v) is 3.51. The fourth-order valence-electron chi connectivity index (χ4n) is 2.41. The zero-order valence-electron chi connectivity index (χ0n) is 12.5. The number of nitrogens with zero attached hydrogens (tertiary/aromatic N) is 5. The summed E-state index contributed by atoms with van der Waals surface area (Å²) in [5.41, 5.74) is 2.72. The van der Waals surface area contributed by atoms with Crippen molar-refractivity contribution in [3.63, 3.8) is 0 Å². The zero-order valence-corrected chi connectivity index (χ0v) is 13.3. The molecule has 118 valence electrons. The first-order valence-corrected chi connectivity index (χ1v) is 8.20. The molecule has 0 amide bonds. The van der Waals surface area contributed by atoms with Crippen LogP contribution in [0.2, 0.25) is 0 Å². The number of aromatic nitrogens is 5. The van der Waals surface area contributed by atoms with Gasteiger partial charge in [-0.3, -0.25) is 0 Å². The van der Waals surface area contributed by atoms with Gasteiger partial charge in [0.05, 0.1) is 5.25 Å². The van der Waals surface area contributed by atoms with E-state index in [1.165, 1.54) is 16.8 Å². The highest BCUT2D eigenvalue weighted by Crippen LogP contribution is 2.39. The third-order valence-electron chi connectivity index (χ3n) is 3.56. The van der Waals surface area contributed by atoms with Crippen LogP contribution in [0.4, 0.5) is 4.39 Å². The van der Waals surface area contributed by atoms with Crippen LogP contribution in [-0.2, 0) is 0 Å². The number of hydrogen-bond donors (Lipinski definition) is 0. The molecule has 2 aromatic heterocycles. The Bertz CT molecular complexity index is 956. The molecule has 4 aromatic rings. The highest BCUT2D eigenvalue weighted by Gasteiger charge is 2.17. The van der Waals surface area contributed by atoms with Crippen molar-refractivity contribution in [2.45, 2.75) is 10.3 Å². The quantitative estimate of drug-likeness (QED) is 0.533. The van der Waals surface area contributed by atoms with Crippen molar-refractivity contribution >= 4 is 17.4 Å². The van der Waals surface area contributed by atoms with Crippen molar-refractivity contribution in [2.24, 2.45) is 0 Å². The van der Waals surface area contributed by atoms with Crippen molar-refractivity contribution in [3.05, 3.63) is 83.7 Å². The summed E-state index contributed by atoms with van der Waals surface area (Å²) in [6, 6.07) is 20.3. The Morgan fingerprint density at radius 1 is 0.875 bits per heavy atom. The average Bonchev–Trinajstić information content (AvgIpc) is 3.09. The van der Waals surface area contributed by atoms with E-state index < -0.39 is 0 Å². The van der Waals surface area contributed by atoms with E-state index in [-0.39, 0.29) is 11.1 Å². The Hall–Kier alpha value is -2.80. The smallest absolute Gasteiger partial charge is 0.200 e. The molecule has 2 aromatic carbocycles. The molecular weight excluding hydrogens is 325 g/mol. The van der Waals surface area contributed by atoms with Gasteiger partial charge in [0.2, 0.25) is 0 Å². The Balaban J connectivity index is 1.73. The summed E-state index contributed by atoms with van der Waals surface area (Å²) in [4.78, 5) is 0. The molecule has 24 heavy (non-hydrogen) atoms. The lowest BCUT2D eigenvalue weighted by Gasteiger charge is -2.17. The summed E-state index contributed by atoms with van der Waals surface area (Å²) in [7, 11) is 0. The predicted octanol–water partition coefficient (Wildman–Crippen LogP) is 3.54. The Morgan fingerprint density at radius 2 is 1.62 bits per heavy atom. The molecule has 4 rings (SSSR count). The molecule has 0 saturated carbocycles. The van der Waals surface area contributed by atoms with Gasteiger partial charge in [0.25, 0.3) is 0 Å². The van der Waals surface area contributed by atoms with Crippen LogP contribution in [0.3, 0.4) is 0 Å². The number of halogens is 1. The first-order chi connectivity index (χ1) is 11.8. The number of thioether (sulfide) groups is 1. The van der Waals surface area contributed by atoms with Crippen molar-refractivity contribution in [1.29, 1.82) is 0 Å². The van der Waals surface area contributed by atoms with E-state index in [1.807, 2.05) is 30.3 Å². The zero-order chi connectivity index (χ0) is 16.4. The molecule has 7 heteroatoms. The molecule has 0 spiro atoms. The normalized spacial score (nSPS) is 12.4. The second-order valence-corrected chi connectivity index (χ2v) is 6.28. The molecule has 1 atom stereocenters. The molecule has 0 aliphatic rings. The van der Waals surface area contributed by atoms with Gasteiger partial charge in [-0.2, -0.15) is 0 Å². The molecule has 0 N–H and O–H groups in total. The van der Waals surface area contributed by atoms with Crippen LogP contribution in [0.1, 0.15) is 16.4 Å². The van der Waals surface area contributed by atoms with E-state index >= 15 is 0 Å². The molecule has 0 aliphatic carbocycles. The molecule has 0 aliphatic heterocycles. The molecule has 0 bridgehead atoms. The van der Waals surface area contributed by atoms with Gasteiger partial charge in [-0.25, -0.2) is 4.39 Å². The first kappa shape index (κ1) is 14.8. The Kier molecular flexibility index (Phi) is 3.92. The van der Waals surface area contributed by atoms with Crippen molar-refractivity contribution in [2.75, 3.05) is 0 Å². The topological polar surface area (TPSA) is 56.0 Å². The third kappa shape index (κ3) is 2.98. The van der Waals surface area contributed by atoms with Crippen LogP contribution in [0.5, 0.6) is 0 Å². The van der Waals surface area contributed by atoms with Crippen LogP contribution < -0.4 is 0 Å². The van der Waals surface area contributed by atoms with Crippen LogP contribution in [-0.4, -0.2) is 25.3 Å². The monoisotopic (exact) mass is 337 g/mol.